The van der Waals surface area contributed by atoms with Crippen LogP contribution >= 0.6 is 0 Å². The van der Waals surface area contributed by atoms with Gasteiger partial charge in [-0.25, -0.2) is 0 Å². The van der Waals surface area contributed by atoms with Gasteiger partial charge < -0.3 is 19.5 Å². The molecular weight excluding hydrogens is 454 g/mol. The lowest BCUT2D eigenvalue weighted by molar-refractivity contribution is -0.140. The van der Waals surface area contributed by atoms with Crippen LogP contribution in [0.15, 0.2) is 97.1 Å². The normalized spacial score (nSPS) is 16.7. The minimum Gasteiger partial charge on any atom is -0.507 e. The number of hydrogen-bond acceptors (Lipinski definition) is 5. The molecule has 4 rings (SSSR count). The summed E-state index contributed by atoms with van der Waals surface area (Å²) in [6.45, 7) is 6.81. The van der Waals surface area contributed by atoms with Crippen molar-refractivity contribution < 1.29 is 24.2 Å². The first kappa shape index (κ1) is 24.8. The number of amides is 1. The number of nitrogens with zero attached hydrogens (tertiary/aromatic N) is 1. The lowest BCUT2D eigenvalue weighted by Gasteiger charge is -2.26. The molecular formula is C30H29NO5. The number of benzene rings is 3. The van der Waals surface area contributed by atoms with Gasteiger partial charge in [-0.2, -0.15) is 0 Å². The van der Waals surface area contributed by atoms with E-state index in [1.807, 2.05) is 43.3 Å². The molecule has 36 heavy (non-hydrogen) atoms. The molecule has 0 aliphatic carbocycles. The van der Waals surface area contributed by atoms with Crippen molar-refractivity contribution in [2.24, 2.45) is 0 Å². The summed E-state index contributed by atoms with van der Waals surface area (Å²) in [6.07, 6.45) is 2.52. The van der Waals surface area contributed by atoms with Crippen molar-refractivity contribution >= 4 is 17.4 Å². The molecule has 0 bridgehead atoms. The molecule has 3 aromatic rings. The van der Waals surface area contributed by atoms with Crippen molar-refractivity contribution in [3.8, 4) is 11.5 Å². The molecule has 1 saturated heterocycles. The van der Waals surface area contributed by atoms with E-state index >= 15 is 0 Å². The van der Waals surface area contributed by atoms with Crippen LogP contribution in [0.25, 0.3) is 5.76 Å². The van der Waals surface area contributed by atoms with E-state index in [4.69, 9.17) is 9.47 Å². The number of rotatable bonds is 10. The van der Waals surface area contributed by atoms with Gasteiger partial charge in [0.1, 0.15) is 23.9 Å². The third-order valence-electron chi connectivity index (χ3n) is 5.88. The van der Waals surface area contributed by atoms with Gasteiger partial charge in [-0.3, -0.25) is 9.59 Å². The Morgan fingerprint density at radius 3 is 2.42 bits per heavy atom. The molecule has 6 heteroatoms. The maximum absolute atomic E-state index is 13.3. The predicted molar refractivity (Wildman–Crippen MR) is 139 cm³/mol. The third-order valence-corrected chi connectivity index (χ3v) is 5.88. The van der Waals surface area contributed by atoms with Crippen LogP contribution < -0.4 is 9.47 Å². The summed E-state index contributed by atoms with van der Waals surface area (Å²) in [7, 11) is 0. The zero-order chi connectivity index (χ0) is 25.5. The molecule has 0 spiro atoms. The van der Waals surface area contributed by atoms with E-state index in [1.54, 1.807) is 48.5 Å². The van der Waals surface area contributed by atoms with E-state index in [-0.39, 0.29) is 17.9 Å². The average molecular weight is 484 g/mol. The van der Waals surface area contributed by atoms with Gasteiger partial charge in [0.25, 0.3) is 11.7 Å². The fraction of sp³-hybridized carbons (Fsp3) is 0.200. The summed E-state index contributed by atoms with van der Waals surface area (Å²) in [6, 6.07) is 22.7. The van der Waals surface area contributed by atoms with Gasteiger partial charge in [-0.05, 0) is 53.9 Å². The standard InChI is InChI=1S/C30H29NO5/c1-3-17-35-24-15-13-22(14-16-24)28(32)26-27(23-11-8-12-25(19-23)36-18-4-2)31(30(34)29(26)33)20-21-9-6-5-7-10-21/h4-16,19,27,32H,2-3,17-18,20H2,1H3/b28-26+. The summed E-state index contributed by atoms with van der Waals surface area (Å²) < 4.78 is 11.3. The monoisotopic (exact) mass is 483 g/mol. The highest BCUT2D eigenvalue weighted by molar-refractivity contribution is 6.46. The fourth-order valence-corrected chi connectivity index (χ4v) is 4.18. The van der Waals surface area contributed by atoms with Crippen LogP contribution in [-0.2, 0) is 16.1 Å². The Bertz CT molecular complexity index is 1260. The molecule has 1 aliphatic rings. The zero-order valence-corrected chi connectivity index (χ0v) is 20.2. The Morgan fingerprint density at radius 1 is 0.972 bits per heavy atom. The van der Waals surface area contributed by atoms with Gasteiger partial charge in [0.15, 0.2) is 0 Å². The number of ketones is 1. The van der Waals surface area contributed by atoms with Crippen LogP contribution in [-0.4, -0.2) is 34.9 Å². The van der Waals surface area contributed by atoms with Gasteiger partial charge in [-0.1, -0.05) is 62.0 Å². The van der Waals surface area contributed by atoms with Crippen LogP contribution in [0, 0.1) is 0 Å². The summed E-state index contributed by atoms with van der Waals surface area (Å²) in [5.74, 6) is -0.368. The Labute approximate surface area is 211 Å². The topological polar surface area (TPSA) is 76.1 Å². The first-order valence-electron chi connectivity index (χ1n) is 11.9. The van der Waals surface area contributed by atoms with Crippen molar-refractivity contribution in [2.75, 3.05) is 13.2 Å². The summed E-state index contributed by atoms with van der Waals surface area (Å²) in [5.41, 5.74) is 2.01. The molecule has 0 radical (unpaired) electrons. The Kier molecular flexibility index (Phi) is 7.85. The second-order valence-electron chi connectivity index (χ2n) is 8.46. The first-order chi connectivity index (χ1) is 17.5. The minimum absolute atomic E-state index is 0.0408. The van der Waals surface area contributed by atoms with Crippen LogP contribution in [0.4, 0.5) is 0 Å². The van der Waals surface area contributed by atoms with Gasteiger partial charge in [0, 0.05) is 12.1 Å². The van der Waals surface area contributed by atoms with E-state index in [9.17, 15) is 14.7 Å². The van der Waals surface area contributed by atoms with Crippen LogP contribution in [0.3, 0.4) is 0 Å². The molecule has 0 aromatic heterocycles. The largest absolute Gasteiger partial charge is 0.507 e. The van der Waals surface area contributed by atoms with Crippen LogP contribution in [0.2, 0.25) is 0 Å². The number of aliphatic hydroxyl groups excluding tert-OH is 1. The Balaban J connectivity index is 1.79. The van der Waals surface area contributed by atoms with Crippen LogP contribution in [0.5, 0.6) is 11.5 Å². The van der Waals surface area contributed by atoms with E-state index in [1.165, 1.54) is 4.90 Å². The number of Topliss-reactive ketones (excluding diaryl/α,β-unsaturated/α-hetero) is 1. The van der Waals surface area contributed by atoms with Crippen molar-refractivity contribution in [1.29, 1.82) is 0 Å². The van der Waals surface area contributed by atoms with Crippen molar-refractivity contribution in [2.45, 2.75) is 25.9 Å². The highest BCUT2D eigenvalue weighted by atomic mass is 16.5. The first-order valence-corrected chi connectivity index (χ1v) is 11.9. The van der Waals surface area contributed by atoms with Crippen molar-refractivity contribution in [3.63, 3.8) is 0 Å². The lowest BCUT2D eigenvalue weighted by atomic mass is 9.95. The number of hydrogen-bond donors (Lipinski definition) is 1. The second kappa shape index (κ2) is 11.4. The number of ether oxygens (including phenoxy) is 2. The highest BCUT2D eigenvalue weighted by Crippen LogP contribution is 2.41. The SMILES string of the molecule is C=CCOc1cccc(C2/C(=C(\O)c3ccc(OCCC)cc3)C(=O)C(=O)N2Cc2ccccc2)c1. The quantitative estimate of drug-likeness (QED) is 0.174. The van der Waals surface area contributed by atoms with Gasteiger partial charge in [-0.15, -0.1) is 0 Å². The van der Waals surface area contributed by atoms with Crippen molar-refractivity contribution in [1.82, 2.24) is 4.90 Å². The second-order valence-corrected chi connectivity index (χ2v) is 8.46. The van der Waals surface area contributed by atoms with Crippen molar-refractivity contribution in [3.05, 3.63) is 114 Å². The molecule has 6 nitrogen and oxygen atoms in total. The molecule has 1 N–H and O–H groups in total. The summed E-state index contributed by atoms with van der Waals surface area (Å²) in [5, 5.41) is 11.3. The summed E-state index contributed by atoms with van der Waals surface area (Å²) in [4.78, 5) is 28.0. The molecule has 1 amide bonds. The van der Waals surface area contributed by atoms with E-state index in [2.05, 4.69) is 6.58 Å². The molecule has 1 unspecified atom stereocenters. The summed E-state index contributed by atoms with van der Waals surface area (Å²) >= 11 is 0. The number of carbonyl (C=O) groups excluding carboxylic acids is 2. The predicted octanol–water partition coefficient (Wildman–Crippen LogP) is 5.66. The molecule has 184 valence electrons. The van der Waals surface area contributed by atoms with Gasteiger partial charge in [0.05, 0.1) is 18.2 Å². The molecule has 0 saturated carbocycles. The average Bonchev–Trinajstić information content (AvgIpc) is 3.16. The third kappa shape index (κ3) is 5.33. The Hall–Kier alpha value is -4.32. The maximum Gasteiger partial charge on any atom is 0.295 e. The zero-order valence-electron chi connectivity index (χ0n) is 20.2. The highest BCUT2D eigenvalue weighted by Gasteiger charge is 2.46. The lowest BCUT2D eigenvalue weighted by Crippen LogP contribution is -2.29. The number of aliphatic hydroxyl groups is 1. The molecule has 1 aliphatic heterocycles. The van der Waals surface area contributed by atoms with E-state index in [0.29, 0.717) is 35.8 Å². The molecule has 1 fully saturated rings. The van der Waals surface area contributed by atoms with Gasteiger partial charge >= 0.3 is 0 Å². The number of likely N-dealkylation sites (tertiary alicyclic amines) is 1. The molecule has 1 heterocycles. The molecule has 1 atom stereocenters. The maximum atomic E-state index is 13.3. The van der Waals surface area contributed by atoms with Crippen LogP contribution in [0.1, 0.15) is 36.1 Å². The van der Waals surface area contributed by atoms with Gasteiger partial charge in [0.2, 0.25) is 0 Å². The fourth-order valence-electron chi connectivity index (χ4n) is 4.18. The molecule has 3 aromatic carbocycles. The van der Waals surface area contributed by atoms with E-state index < -0.39 is 17.7 Å². The van der Waals surface area contributed by atoms with E-state index in [0.717, 1.165) is 12.0 Å². The number of carbonyl (C=O) groups is 2. The minimum atomic E-state index is -0.784. The Morgan fingerprint density at radius 2 is 1.72 bits per heavy atom. The smallest absolute Gasteiger partial charge is 0.295 e.